The number of rotatable bonds is 8. The molecule has 1 saturated carbocycles. The number of Topliss-reactive ketones (excluding diaryl/α,β-unsaturated/α-hetero) is 1. The van der Waals surface area contributed by atoms with Crippen LogP contribution in [0, 0.1) is 5.92 Å². The summed E-state index contributed by atoms with van der Waals surface area (Å²) in [5, 5.41) is 15.1. The number of ether oxygens (including phenoxy) is 1. The van der Waals surface area contributed by atoms with Gasteiger partial charge in [-0.05, 0) is 18.9 Å². The lowest BCUT2D eigenvalue weighted by Gasteiger charge is -2.35. The van der Waals surface area contributed by atoms with Crippen LogP contribution in [-0.2, 0) is 16.6 Å². The SMILES string of the molecule is [2H]C([2H])([2H])CC(=O)c1cnc(NC(=O)C2CC2)cc1Nc1nccc2c1N(C)[C@@H](COC)c1nn(C)nc1-2. The van der Waals surface area contributed by atoms with E-state index in [9.17, 15) is 9.59 Å². The van der Waals surface area contributed by atoms with Crippen molar-refractivity contribution in [3.63, 3.8) is 0 Å². The Kier molecular flexibility index (Phi) is 5.04. The van der Waals surface area contributed by atoms with E-state index in [2.05, 4.69) is 30.8 Å². The summed E-state index contributed by atoms with van der Waals surface area (Å²) in [6, 6.07) is 3.11. The highest BCUT2D eigenvalue weighted by atomic mass is 16.5. The molecule has 1 fully saturated rings. The van der Waals surface area contributed by atoms with Crippen LogP contribution in [0.5, 0.6) is 0 Å². The lowest BCUT2D eigenvalue weighted by molar-refractivity contribution is -0.117. The van der Waals surface area contributed by atoms with Crippen LogP contribution in [0.2, 0.25) is 0 Å². The van der Waals surface area contributed by atoms with E-state index in [0.717, 1.165) is 24.1 Å². The molecule has 1 aliphatic heterocycles. The molecule has 1 atom stereocenters. The van der Waals surface area contributed by atoms with Gasteiger partial charge < -0.3 is 20.3 Å². The van der Waals surface area contributed by atoms with Gasteiger partial charge in [-0.1, -0.05) is 6.85 Å². The molecule has 3 aromatic rings. The molecule has 2 N–H and O–H groups in total. The van der Waals surface area contributed by atoms with E-state index in [4.69, 9.17) is 8.85 Å². The van der Waals surface area contributed by atoms with Gasteiger partial charge in [0.05, 0.1) is 29.6 Å². The first kappa shape index (κ1) is 19.4. The molecular weight excluding hydrogens is 448 g/mol. The first-order chi connectivity index (χ1) is 18.1. The molecule has 1 aliphatic carbocycles. The van der Waals surface area contributed by atoms with Gasteiger partial charge in [0.1, 0.15) is 17.2 Å². The molecule has 5 rings (SSSR count). The van der Waals surface area contributed by atoms with Crippen LogP contribution >= 0.6 is 0 Å². The molecule has 35 heavy (non-hydrogen) atoms. The van der Waals surface area contributed by atoms with E-state index in [1.54, 1.807) is 20.4 Å². The average Bonchev–Trinajstić information content (AvgIpc) is 3.62. The van der Waals surface area contributed by atoms with Gasteiger partial charge in [-0.25, -0.2) is 9.97 Å². The maximum atomic E-state index is 13.0. The van der Waals surface area contributed by atoms with Crippen molar-refractivity contribution in [1.29, 1.82) is 0 Å². The van der Waals surface area contributed by atoms with Gasteiger partial charge >= 0.3 is 0 Å². The van der Waals surface area contributed by atoms with E-state index in [-0.39, 0.29) is 34.9 Å². The number of aromatic nitrogens is 5. The Balaban J connectivity index is 1.57. The molecule has 2 aliphatic rings. The fourth-order valence-electron chi connectivity index (χ4n) is 4.27. The largest absolute Gasteiger partial charge is 0.382 e. The summed E-state index contributed by atoms with van der Waals surface area (Å²) in [4.78, 5) is 37.6. The monoisotopic (exact) mass is 479 g/mol. The van der Waals surface area contributed by atoms with E-state index in [1.165, 1.54) is 17.1 Å². The number of anilines is 4. The molecule has 182 valence electrons. The number of nitrogens with zero attached hydrogens (tertiary/aromatic N) is 6. The molecule has 1 amide bonds. The molecular formula is C24H28N8O3. The van der Waals surface area contributed by atoms with Crippen LogP contribution in [0.3, 0.4) is 0 Å². The van der Waals surface area contributed by atoms with Crippen LogP contribution in [-0.4, -0.2) is 57.4 Å². The standard InChI is InChI=1S/C24H28N8O3/c1-5-18(33)15-11-26-19(28-24(34)13-6-7-13)10-16(15)27-23-22-14(8-9-25-23)20-21(30-32(3)29-20)17(12-35-4)31(22)2/h8-11,13,17H,5-7,12H2,1-4H3,(H2,25,26,27,28,34)/t17-/m0/s1/i1D3. The maximum Gasteiger partial charge on any atom is 0.228 e. The third-order valence-electron chi connectivity index (χ3n) is 6.20. The van der Waals surface area contributed by atoms with Crippen molar-refractivity contribution in [3.8, 4) is 11.3 Å². The third-order valence-corrected chi connectivity index (χ3v) is 6.20. The van der Waals surface area contributed by atoms with Crippen molar-refractivity contribution >= 4 is 34.7 Å². The zero-order valence-corrected chi connectivity index (χ0v) is 19.7. The van der Waals surface area contributed by atoms with E-state index in [1.807, 2.05) is 18.0 Å². The zero-order valence-electron chi connectivity index (χ0n) is 22.7. The fraction of sp³-hybridized carbons (Fsp3) is 0.417. The van der Waals surface area contributed by atoms with E-state index in [0.29, 0.717) is 23.8 Å². The van der Waals surface area contributed by atoms with Crippen LogP contribution in [0.1, 0.15) is 52.3 Å². The first-order valence-electron chi connectivity index (χ1n) is 12.8. The van der Waals surface area contributed by atoms with Gasteiger partial charge in [0.25, 0.3) is 0 Å². The number of hydrogen-bond donors (Lipinski definition) is 2. The lowest BCUT2D eigenvalue weighted by Crippen LogP contribution is -2.32. The van der Waals surface area contributed by atoms with Crippen LogP contribution in [0.15, 0.2) is 24.5 Å². The zero-order chi connectivity index (χ0) is 27.2. The average molecular weight is 480 g/mol. The number of aryl methyl sites for hydroxylation is 1. The molecule has 0 aromatic carbocycles. The summed E-state index contributed by atoms with van der Waals surface area (Å²) >= 11 is 0. The Hall–Kier alpha value is -3.86. The predicted octanol–water partition coefficient (Wildman–Crippen LogP) is 3.09. The summed E-state index contributed by atoms with van der Waals surface area (Å²) in [6.07, 6.45) is 3.89. The minimum absolute atomic E-state index is 0.0413. The minimum atomic E-state index is -2.45. The van der Waals surface area contributed by atoms with Gasteiger partial charge in [-0.3, -0.25) is 9.59 Å². The van der Waals surface area contributed by atoms with Gasteiger partial charge in [0.2, 0.25) is 5.91 Å². The molecule has 0 unspecified atom stereocenters. The van der Waals surface area contributed by atoms with Crippen molar-refractivity contribution in [2.24, 2.45) is 13.0 Å². The number of ketones is 1. The van der Waals surface area contributed by atoms with Crippen LogP contribution in [0.4, 0.5) is 23.0 Å². The first-order valence-corrected chi connectivity index (χ1v) is 11.3. The van der Waals surface area contributed by atoms with E-state index < -0.39 is 19.1 Å². The second-order valence-corrected chi connectivity index (χ2v) is 8.66. The Morgan fingerprint density at radius 2 is 2.09 bits per heavy atom. The second-order valence-electron chi connectivity index (χ2n) is 8.66. The summed E-state index contributed by atoms with van der Waals surface area (Å²) in [6.45, 7) is -2.10. The smallest absolute Gasteiger partial charge is 0.228 e. The number of hydrogen-bond acceptors (Lipinski definition) is 9. The quantitative estimate of drug-likeness (QED) is 0.469. The molecule has 4 heterocycles. The van der Waals surface area contributed by atoms with Crippen LogP contribution in [0.25, 0.3) is 11.3 Å². The van der Waals surface area contributed by atoms with Crippen molar-refractivity contribution in [2.75, 3.05) is 36.3 Å². The number of fused-ring (bicyclic) bond motifs is 3. The number of likely N-dealkylation sites (N-methyl/N-ethyl adjacent to an activating group) is 1. The molecule has 11 nitrogen and oxygen atoms in total. The second kappa shape index (κ2) is 9.06. The topological polar surface area (TPSA) is 127 Å². The predicted molar refractivity (Wildman–Crippen MR) is 131 cm³/mol. The van der Waals surface area contributed by atoms with Gasteiger partial charge in [0, 0.05) is 61.7 Å². The number of methoxy groups -OCH3 is 1. The van der Waals surface area contributed by atoms with Crippen molar-refractivity contribution < 1.29 is 18.4 Å². The minimum Gasteiger partial charge on any atom is -0.382 e. The fourth-order valence-corrected chi connectivity index (χ4v) is 4.27. The number of carbonyl (C=O) groups excluding carboxylic acids is 2. The van der Waals surface area contributed by atoms with Gasteiger partial charge in [0.15, 0.2) is 11.6 Å². The molecule has 11 heteroatoms. The molecule has 0 spiro atoms. The summed E-state index contributed by atoms with van der Waals surface area (Å²) in [7, 11) is 5.25. The highest BCUT2D eigenvalue weighted by Crippen LogP contribution is 2.46. The van der Waals surface area contributed by atoms with Crippen molar-refractivity contribution in [2.45, 2.75) is 32.2 Å². The number of nitrogens with one attached hydrogen (secondary N) is 2. The highest BCUT2D eigenvalue weighted by molar-refractivity contribution is 6.03. The summed E-state index contributed by atoms with van der Waals surface area (Å²) < 4.78 is 28.1. The van der Waals surface area contributed by atoms with Crippen molar-refractivity contribution in [3.05, 3.63) is 35.8 Å². The lowest BCUT2D eigenvalue weighted by atomic mass is 9.98. The van der Waals surface area contributed by atoms with E-state index >= 15 is 0 Å². The normalized spacial score (nSPS) is 18.1. The Bertz CT molecular complexity index is 1400. The van der Waals surface area contributed by atoms with Gasteiger partial charge in [-0.15, -0.1) is 0 Å². The molecule has 0 saturated heterocycles. The molecule has 3 aromatic heterocycles. The Morgan fingerprint density at radius 1 is 1.26 bits per heavy atom. The van der Waals surface area contributed by atoms with Crippen LogP contribution < -0.4 is 15.5 Å². The summed E-state index contributed by atoms with van der Waals surface area (Å²) in [5.41, 5.74) is 3.31. The third kappa shape index (κ3) is 4.23. The Labute approximate surface area is 207 Å². The summed E-state index contributed by atoms with van der Waals surface area (Å²) in [5.74, 6) is -0.123. The Morgan fingerprint density at radius 3 is 2.83 bits per heavy atom. The highest BCUT2D eigenvalue weighted by Gasteiger charge is 2.35. The van der Waals surface area contributed by atoms with Crippen molar-refractivity contribution in [1.82, 2.24) is 25.0 Å². The number of carbonyl (C=O) groups is 2. The van der Waals surface area contributed by atoms with Gasteiger partial charge in [-0.2, -0.15) is 15.0 Å². The molecule has 0 radical (unpaired) electrons. The molecule has 0 bridgehead atoms. The maximum absolute atomic E-state index is 13.0. The number of pyridine rings is 2. The number of amides is 1.